The van der Waals surface area contributed by atoms with Crippen molar-refractivity contribution in [1.29, 1.82) is 0 Å². The van der Waals surface area contributed by atoms with Crippen molar-refractivity contribution in [2.24, 2.45) is 0 Å². The third-order valence-electron chi connectivity index (χ3n) is 2.78. The normalized spacial score (nSPS) is 11.0. The van der Waals surface area contributed by atoms with Crippen molar-refractivity contribution in [2.45, 2.75) is 13.5 Å². The zero-order chi connectivity index (χ0) is 13.4. The Morgan fingerprint density at radius 1 is 1.37 bits per heavy atom. The van der Waals surface area contributed by atoms with Crippen LogP contribution >= 0.6 is 0 Å². The molecule has 2 heterocycles. The Balaban J connectivity index is 1.99. The molecular formula is C13H12N4O2. The lowest BCUT2D eigenvalue weighted by Gasteiger charge is -2.00. The van der Waals surface area contributed by atoms with E-state index in [-0.39, 0.29) is 12.1 Å². The van der Waals surface area contributed by atoms with E-state index >= 15 is 0 Å². The third kappa shape index (κ3) is 2.20. The van der Waals surface area contributed by atoms with E-state index in [1.54, 1.807) is 25.1 Å². The summed E-state index contributed by atoms with van der Waals surface area (Å²) in [4.78, 5) is 20.1. The van der Waals surface area contributed by atoms with Crippen LogP contribution in [0.1, 0.15) is 11.6 Å². The summed E-state index contributed by atoms with van der Waals surface area (Å²) >= 11 is 0. The fourth-order valence-electron chi connectivity index (χ4n) is 1.84. The van der Waals surface area contributed by atoms with E-state index in [0.29, 0.717) is 28.4 Å². The number of oxazole rings is 1. The number of hydrogen-bond donors (Lipinski definition) is 1. The quantitative estimate of drug-likeness (QED) is 0.699. The lowest BCUT2D eigenvalue weighted by atomic mass is 10.3. The number of benzene rings is 1. The van der Waals surface area contributed by atoms with Gasteiger partial charge < -0.3 is 10.2 Å². The van der Waals surface area contributed by atoms with Crippen molar-refractivity contribution < 1.29 is 4.42 Å². The fourth-order valence-corrected chi connectivity index (χ4v) is 1.84. The molecule has 0 fully saturated rings. The van der Waals surface area contributed by atoms with Gasteiger partial charge >= 0.3 is 0 Å². The highest BCUT2D eigenvalue weighted by Gasteiger charge is 2.07. The van der Waals surface area contributed by atoms with Crippen LogP contribution in [-0.2, 0) is 6.54 Å². The van der Waals surface area contributed by atoms with Crippen LogP contribution in [-0.4, -0.2) is 14.5 Å². The topological polar surface area (TPSA) is 86.9 Å². The minimum absolute atomic E-state index is 0.130. The van der Waals surface area contributed by atoms with Gasteiger partial charge in [-0.25, -0.2) is 9.97 Å². The molecule has 96 valence electrons. The van der Waals surface area contributed by atoms with Crippen LogP contribution in [0, 0.1) is 6.92 Å². The maximum atomic E-state index is 11.7. The number of anilines is 1. The molecule has 2 N–H and O–H groups in total. The first-order chi connectivity index (χ1) is 9.11. The smallest absolute Gasteiger partial charge is 0.253 e. The van der Waals surface area contributed by atoms with E-state index in [9.17, 15) is 4.79 Å². The average Bonchev–Trinajstić information content (AvgIpc) is 2.74. The minimum atomic E-state index is -0.130. The summed E-state index contributed by atoms with van der Waals surface area (Å²) in [6.45, 7) is 2.02. The zero-order valence-electron chi connectivity index (χ0n) is 10.3. The summed E-state index contributed by atoms with van der Waals surface area (Å²) in [5.41, 5.74) is 8.20. The number of nitrogens with zero attached hydrogens (tertiary/aromatic N) is 3. The Morgan fingerprint density at radius 2 is 2.21 bits per heavy atom. The largest absolute Gasteiger partial charge is 0.439 e. The number of nitrogen functional groups attached to an aromatic ring is 1. The molecule has 3 rings (SSSR count). The van der Waals surface area contributed by atoms with E-state index in [4.69, 9.17) is 10.2 Å². The molecular weight excluding hydrogens is 244 g/mol. The Morgan fingerprint density at radius 3 is 3.00 bits per heavy atom. The van der Waals surface area contributed by atoms with Gasteiger partial charge in [-0.2, -0.15) is 0 Å². The van der Waals surface area contributed by atoms with Crippen molar-refractivity contribution in [1.82, 2.24) is 14.5 Å². The summed E-state index contributed by atoms with van der Waals surface area (Å²) in [5.74, 6) is 0.452. The van der Waals surface area contributed by atoms with Crippen LogP contribution < -0.4 is 11.3 Å². The van der Waals surface area contributed by atoms with Crippen molar-refractivity contribution in [3.8, 4) is 0 Å². The summed E-state index contributed by atoms with van der Waals surface area (Å²) < 4.78 is 7.00. The van der Waals surface area contributed by atoms with E-state index in [1.807, 2.05) is 0 Å². The minimum Gasteiger partial charge on any atom is -0.439 e. The Hall–Kier alpha value is -2.63. The Bertz CT molecular complexity index is 804. The maximum Gasteiger partial charge on any atom is 0.253 e. The van der Waals surface area contributed by atoms with Gasteiger partial charge in [-0.15, -0.1) is 0 Å². The van der Waals surface area contributed by atoms with Gasteiger partial charge in [-0.05, 0) is 25.1 Å². The number of fused-ring (bicyclic) bond motifs is 1. The molecule has 1 aromatic carbocycles. The SMILES string of the molecule is Cc1cc(=O)n(Cc2nc3cc(N)ccc3o2)cn1. The lowest BCUT2D eigenvalue weighted by molar-refractivity contribution is 0.501. The first kappa shape index (κ1) is 11.5. The molecule has 3 aromatic rings. The van der Waals surface area contributed by atoms with Gasteiger partial charge in [-0.1, -0.05) is 0 Å². The summed E-state index contributed by atoms with van der Waals surface area (Å²) in [7, 11) is 0. The highest BCUT2D eigenvalue weighted by molar-refractivity contribution is 5.76. The maximum absolute atomic E-state index is 11.7. The van der Waals surface area contributed by atoms with Gasteiger partial charge in [0.25, 0.3) is 5.56 Å². The predicted octanol–water partition coefficient (Wildman–Crippen LogP) is 1.32. The van der Waals surface area contributed by atoms with E-state index in [0.717, 1.165) is 0 Å². The zero-order valence-corrected chi connectivity index (χ0v) is 10.3. The molecule has 6 nitrogen and oxygen atoms in total. The van der Waals surface area contributed by atoms with Gasteiger partial charge in [0.05, 0.1) is 6.33 Å². The third-order valence-corrected chi connectivity index (χ3v) is 2.78. The second kappa shape index (κ2) is 4.24. The molecule has 6 heteroatoms. The molecule has 0 aliphatic carbocycles. The summed E-state index contributed by atoms with van der Waals surface area (Å²) in [6, 6.07) is 6.72. The van der Waals surface area contributed by atoms with Crippen molar-refractivity contribution in [3.63, 3.8) is 0 Å². The molecule has 0 aliphatic heterocycles. The van der Waals surface area contributed by atoms with Crippen LogP contribution in [0.25, 0.3) is 11.1 Å². The average molecular weight is 256 g/mol. The van der Waals surface area contributed by atoms with Gasteiger partial charge in [0.15, 0.2) is 5.58 Å². The highest BCUT2D eigenvalue weighted by Crippen LogP contribution is 2.18. The number of aryl methyl sites for hydroxylation is 1. The van der Waals surface area contributed by atoms with Crippen molar-refractivity contribution in [3.05, 3.63) is 52.5 Å². The molecule has 0 bridgehead atoms. The molecule has 0 radical (unpaired) electrons. The van der Waals surface area contributed by atoms with Gasteiger partial charge in [-0.3, -0.25) is 9.36 Å². The monoisotopic (exact) mass is 256 g/mol. The highest BCUT2D eigenvalue weighted by atomic mass is 16.3. The van der Waals surface area contributed by atoms with Crippen LogP contribution in [0.4, 0.5) is 5.69 Å². The van der Waals surface area contributed by atoms with Crippen molar-refractivity contribution >= 4 is 16.8 Å². The number of aromatic nitrogens is 3. The standard InChI is InChI=1S/C13H12N4O2/c1-8-4-13(18)17(7-15-8)6-12-16-10-5-9(14)2-3-11(10)19-12/h2-5,7H,6,14H2,1H3. The molecule has 0 aliphatic rings. The number of nitrogens with two attached hydrogens (primary N) is 1. The Kier molecular flexibility index (Phi) is 2.56. The van der Waals surface area contributed by atoms with E-state index in [2.05, 4.69) is 9.97 Å². The van der Waals surface area contributed by atoms with Gasteiger partial charge in [0, 0.05) is 17.4 Å². The summed E-state index contributed by atoms with van der Waals surface area (Å²) in [6.07, 6.45) is 1.49. The molecule has 0 saturated heterocycles. The molecule has 19 heavy (non-hydrogen) atoms. The summed E-state index contributed by atoms with van der Waals surface area (Å²) in [5, 5.41) is 0. The van der Waals surface area contributed by atoms with Crippen LogP contribution in [0.3, 0.4) is 0 Å². The first-order valence-corrected chi connectivity index (χ1v) is 5.80. The molecule has 0 unspecified atom stereocenters. The first-order valence-electron chi connectivity index (χ1n) is 5.80. The van der Waals surface area contributed by atoms with Gasteiger partial charge in [0.1, 0.15) is 12.1 Å². The van der Waals surface area contributed by atoms with E-state index < -0.39 is 0 Å². The van der Waals surface area contributed by atoms with Gasteiger partial charge in [0.2, 0.25) is 5.89 Å². The molecule has 2 aromatic heterocycles. The van der Waals surface area contributed by atoms with Crippen LogP contribution in [0.15, 0.2) is 39.8 Å². The van der Waals surface area contributed by atoms with E-state index in [1.165, 1.54) is 17.0 Å². The molecule has 0 amide bonds. The number of hydrogen-bond acceptors (Lipinski definition) is 5. The predicted molar refractivity (Wildman–Crippen MR) is 70.8 cm³/mol. The number of rotatable bonds is 2. The molecule has 0 saturated carbocycles. The second-order valence-corrected chi connectivity index (χ2v) is 4.33. The second-order valence-electron chi connectivity index (χ2n) is 4.33. The van der Waals surface area contributed by atoms with Crippen LogP contribution in [0.5, 0.6) is 0 Å². The lowest BCUT2D eigenvalue weighted by Crippen LogP contribution is -2.20. The molecule has 0 atom stereocenters. The van der Waals surface area contributed by atoms with Crippen LogP contribution in [0.2, 0.25) is 0 Å². The fraction of sp³-hybridized carbons (Fsp3) is 0.154. The Labute approximate surface area is 108 Å². The van der Waals surface area contributed by atoms with Crippen molar-refractivity contribution in [2.75, 3.05) is 5.73 Å². The molecule has 0 spiro atoms.